The van der Waals surface area contributed by atoms with Gasteiger partial charge in [-0.3, -0.25) is 14.9 Å². The number of nitro groups is 1. The maximum Gasteiger partial charge on any atom is 0.281 e. The first-order chi connectivity index (χ1) is 15.5. The van der Waals surface area contributed by atoms with E-state index in [2.05, 4.69) is 16.4 Å². The molecule has 0 bridgehead atoms. The SMILES string of the molecule is C#CCOc1ccc([N+](=O)[O-])cc1/C=N/NC(=O)C(O)(c1ccccc1)c1ccccc1. The second-order valence-corrected chi connectivity index (χ2v) is 6.61. The Balaban J connectivity index is 1.91. The molecule has 0 aliphatic rings. The largest absolute Gasteiger partial charge is 0.480 e. The summed E-state index contributed by atoms with van der Waals surface area (Å²) in [7, 11) is 0. The lowest BCUT2D eigenvalue weighted by Crippen LogP contribution is -2.43. The summed E-state index contributed by atoms with van der Waals surface area (Å²) in [5.74, 6) is 1.76. The number of ether oxygens (including phenoxy) is 1. The van der Waals surface area contributed by atoms with E-state index in [-0.39, 0.29) is 23.6 Å². The van der Waals surface area contributed by atoms with Crippen LogP contribution in [0, 0.1) is 22.5 Å². The Morgan fingerprint density at radius 3 is 2.25 bits per heavy atom. The summed E-state index contributed by atoms with van der Waals surface area (Å²) >= 11 is 0. The van der Waals surface area contributed by atoms with Gasteiger partial charge >= 0.3 is 0 Å². The number of hydrogen-bond acceptors (Lipinski definition) is 6. The molecule has 3 aromatic carbocycles. The van der Waals surface area contributed by atoms with Crippen molar-refractivity contribution in [3.05, 3.63) is 106 Å². The fourth-order valence-corrected chi connectivity index (χ4v) is 3.03. The van der Waals surface area contributed by atoms with Gasteiger partial charge in [-0.2, -0.15) is 5.10 Å². The predicted octanol–water partition coefficient (Wildman–Crippen LogP) is 2.99. The van der Waals surface area contributed by atoms with Crippen molar-refractivity contribution in [3.8, 4) is 18.1 Å². The van der Waals surface area contributed by atoms with Crippen molar-refractivity contribution in [3.63, 3.8) is 0 Å². The molecule has 0 saturated heterocycles. The third-order valence-corrected chi connectivity index (χ3v) is 4.60. The quantitative estimate of drug-likeness (QED) is 0.247. The lowest BCUT2D eigenvalue weighted by atomic mass is 9.85. The van der Waals surface area contributed by atoms with E-state index in [1.54, 1.807) is 60.7 Å². The summed E-state index contributed by atoms with van der Waals surface area (Å²) in [4.78, 5) is 23.6. The van der Waals surface area contributed by atoms with Gasteiger partial charge in [0, 0.05) is 17.7 Å². The van der Waals surface area contributed by atoms with Crippen molar-refractivity contribution < 1.29 is 19.6 Å². The molecular formula is C24H19N3O5. The third kappa shape index (κ3) is 4.80. The molecule has 8 heteroatoms. The number of terminal acetylenes is 1. The van der Waals surface area contributed by atoms with Crippen molar-refractivity contribution in [2.45, 2.75) is 5.60 Å². The highest BCUT2D eigenvalue weighted by molar-refractivity contribution is 5.91. The number of carbonyl (C=O) groups is 1. The minimum Gasteiger partial charge on any atom is -0.480 e. The molecule has 0 aliphatic heterocycles. The van der Waals surface area contributed by atoms with Crippen LogP contribution in [0.3, 0.4) is 0 Å². The molecule has 2 N–H and O–H groups in total. The van der Waals surface area contributed by atoms with E-state index >= 15 is 0 Å². The molecule has 0 aliphatic carbocycles. The Hall–Kier alpha value is -4.48. The fraction of sp³-hybridized carbons (Fsp3) is 0.0833. The van der Waals surface area contributed by atoms with Crippen LogP contribution in [0.15, 0.2) is 84.0 Å². The fourth-order valence-electron chi connectivity index (χ4n) is 3.03. The number of non-ortho nitro benzene ring substituents is 1. The summed E-state index contributed by atoms with van der Waals surface area (Å²) in [5.41, 5.74) is 1.06. The van der Waals surface area contributed by atoms with Crippen molar-refractivity contribution in [1.82, 2.24) is 5.43 Å². The van der Waals surface area contributed by atoms with Crippen LogP contribution in [0.1, 0.15) is 16.7 Å². The summed E-state index contributed by atoms with van der Waals surface area (Å²) in [6.45, 7) is -0.0488. The highest BCUT2D eigenvalue weighted by Gasteiger charge is 2.39. The molecule has 3 rings (SSSR count). The molecule has 0 radical (unpaired) electrons. The lowest BCUT2D eigenvalue weighted by molar-refractivity contribution is -0.384. The van der Waals surface area contributed by atoms with E-state index in [1.807, 2.05) is 0 Å². The molecule has 160 valence electrons. The Morgan fingerprint density at radius 2 is 1.72 bits per heavy atom. The normalized spacial score (nSPS) is 11.0. The first-order valence-corrected chi connectivity index (χ1v) is 9.48. The standard InChI is InChI=1S/C24H19N3O5/c1-2-15-32-22-14-13-21(27(30)31)16-18(22)17-25-26-23(28)24(29,19-9-5-3-6-10-19)20-11-7-4-8-12-20/h1,3-14,16-17,29H,15H2,(H,26,28)/b25-17+. The average molecular weight is 429 g/mol. The minimum absolute atomic E-state index is 0.0488. The van der Waals surface area contributed by atoms with Crippen molar-refractivity contribution in [1.29, 1.82) is 0 Å². The van der Waals surface area contributed by atoms with E-state index in [0.717, 1.165) is 0 Å². The molecule has 0 saturated carbocycles. The summed E-state index contributed by atoms with van der Waals surface area (Å²) in [6.07, 6.45) is 6.39. The van der Waals surface area contributed by atoms with Crippen LogP contribution >= 0.6 is 0 Å². The van der Waals surface area contributed by atoms with E-state index < -0.39 is 16.4 Å². The van der Waals surface area contributed by atoms with Crippen LogP contribution in [0.2, 0.25) is 0 Å². The van der Waals surface area contributed by atoms with E-state index in [9.17, 15) is 20.0 Å². The summed E-state index contributed by atoms with van der Waals surface area (Å²) < 4.78 is 5.37. The van der Waals surface area contributed by atoms with Crippen molar-refractivity contribution >= 4 is 17.8 Å². The third-order valence-electron chi connectivity index (χ3n) is 4.60. The maximum atomic E-state index is 13.0. The molecule has 1 amide bonds. The lowest BCUT2D eigenvalue weighted by Gasteiger charge is -2.27. The first kappa shape index (κ1) is 22.2. The van der Waals surface area contributed by atoms with Crippen LogP contribution in [-0.2, 0) is 10.4 Å². The molecule has 0 fully saturated rings. The topological polar surface area (TPSA) is 114 Å². The molecule has 0 heterocycles. The average Bonchev–Trinajstić information content (AvgIpc) is 2.83. The number of aliphatic hydroxyl groups is 1. The van der Waals surface area contributed by atoms with Crippen molar-refractivity contribution in [2.75, 3.05) is 6.61 Å². The summed E-state index contributed by atoms with van der Waals surface area (Å²) in [5, 5.41) is 26.4. The Labute approximate surface area is 184 Å². The van der Waals surface area contributed by atoms with Gasteiger partial charge in [-0.15, -0.1) is 6.42 Å². The molecule has 8 nitrogen and oxygen atoms in total. The zero-order valence-corrected chi connectivity index (χ0v) is 16.8. The van der Waals surface area contributed by atoms with Gasteiger partial charge in [-0.1, -0.05) is 66.6 Å². The molecule has 0 atom stereocenters. The molecule has 3 aromatic rings. The Kier molecular flexibility index (Phi) is 6.95. The van der Waals surface area contributed by atoms with Gasteiger partial charge in [0.2, 0.25) is 0 Å². The van der Waals surface area contributed by atoms with Crippen LogP contribution in [-0.4, -0.2) is 28.8 Å². The number of nitro benzene ring substituents is 1. The maximum absolute atomic E-state index is 13.0. The highest BCUT2D eigenvalue weighted by Crippen LogP contribution is 2.30. The number of carbonyl (C=O) groups excluding carboxylic acids is 1. The molecule has 32 heavy (non-hydrogen) atoms. The Morgan fingerprint density at radius 1 is 1.12 bits per heavy atom. The van der Waals surface area contributed by atoms with Gasteiger partial charge in [-0.05, 0) is 17.2 Å². The van der Waals surface area contributed by atoms with Gasteiger partial charge in [0.05, 0.1) is 11.1 Å². The van der Waals surface area contributed by atoms with E-state index in [1.165, 1.54) is 24.4 Å². The van der Waals surface area contributed by atoms with Crippen LogP contribution in [0.5, 0.6) is 5.75 Å². The van der Waals surface area contributed by atoms with Crippen molar-refractivity contribution in [2.24, 2.45) is 5.10 Å². The smallest absolute Gasteiger partial charge is 0.281 e. The van der Waals surface area contributed by atoms with E-state index in [4.69, 9.17) is 11.2 Å². The molecule has 0 unspecified atom stereocenters. The first-order valence-electron chi connectivity index (χ1n) is 9.48. The zero-order valence-electron chi connectivity index (χ0n) is 16.8. The number of nitrogens with zero attached hydrogens (tertiary/aromatic N) is 2. The molecule has 0 spiro atoms. The number of rotatable bonds is 8. The number of hydrogen-bond donors (Lipinski definition) is 2. The minimum atomic E-state index is -2.01. The van der Waals surface area contributed by atoms with Gasteiger partial charge in [0.1, 0.15) is 12.4 Å². The molecular weight excluding hydrogens is 410 g/mol. The van der Waals surface area contributed by atoms with E-state index in [0.29, 0.717) is 11.1 Å². The van der Waals surface area contributed by atoms with Gasteiger partial charge in [0.25, 0.3) is 11.6 Å². The van der Waals surface area contributed by atoms with Crippen LogP contribution < -0.4 is 10.2 Å². The second-order valence-electron chi connectivity index (χ2n) is 6.61. The Bertz CT molecular complexity index is 1130. The number of benzene rings is 3. The summed E-state index contributed by atoms with van der Waals surface area (Å²) in [6, 6.07) is 20.8. The van der Waals surface area contributed by atoms with Crippen LogP contribution in [0.4, 0.5) is 5.69 Å². The molecule has 0 aromatic heterocycles. The van der Waals surface area contributed by atoms with Gasteiger partial charge in [-0.25, -0.2) is 5.43 Å². The number of amides is 1. The van der Waals surface area contributed by atoms with Gasteiger partial charge < -0.3 is 9.84 Å². The van der Waals surface area contributed by atoms with Gasteiger partial charge in [0.15, 0.2) is 5.60 Å². The highest BCUT2D eigenvalue weighted by atomic mass is 16.6. The number of hydrazone groups is 1. The monoisotopic (exact) mass is 429 g/mol. The zero-order chi connectivity index (χ0) is 23.0. The predicted molar refractivity (Wildman–Crippen MR) is 119 cm³/mol. The second kappa shape index (κ2) is 10.0. The number of nitrogens with one attached hydrogen (secondary N) is 1. The van der Waals surface area contributed by atoms with Crippen LogP contribution in [0.25, 0.3) is 0 Å².